The van der Waals surface area contributed by atoms with Gasteiger partial charge >= 0.3 is 0 Å². The molecule has 0 unspecified atom stereocenters. The largest absolute Gasteiger partial charge is 0.373 e. The molecule has 1 aliphatic heterocycles. The summed E-state index contributed by atoms with van der Waals surface area (Å²) in [5.41, 5.74) is 0.450. The van der Waals surface area contributed by atoms with Crippen LogP contribution < -0.4 is 0 Å². The molecule has 96 valence electrons. The van der Waals surface area contributed by atoms with E-state index in [2.05, 4.69) is 46.4 Å². The molecule has 0 aromatic rings. The normalized spacial score (nSPS) is 24.4. The Bertz CT molecular complexity index is 217. The average Bonchev–Trinajstić information content (AvgIpc) is 2.10. The highest BCUT2D eigenvalue weighted by Gasteiger charge is 2.31. The monoisotopic (exact) mass is 227 g/mol. The predicted octanol–water partition coefficient (Wildman–Crippen LogP) is 3.17. The van der Waals surface area contributed by atoms with Crippen molar-refractivity contribution in [3.63, 3.8) is 0 Å². The maximum atomic E-state index is 5.75. The van der Waals surface area contributed by atoms with Gasteiger partial charge in [-0.1, -0.05) is 34.1 Å². The highest BCUT2D eigenvalue weighted by atomic mass is 16.5. The van der Waals surface area contributed by atoms with Gasteiger partial charge in [-0.2, -0.15) is 0 Å². The summed E-state index contributed by atoms with van der Waals surface area (Å²) in [5, 5.41) is 0. The lowest BCUT2D eigenvalue weighted by Gasteiger charge is -2.42. The van der Waals surface area contributed by atoms with Crippen molar-refractivity contribution in [1.29, 1.82) is 0 Å². The predicted molar refractivity (Wildman–Crippen MR) is 69.7 cm³/mol. The number of hydrogen-bond acceptors (Lipinski definition) is 2. The Balaban J connectivity index is 2.52. The Labute approximate surface area is 101 Å². The second-order valence-corrected chi connectivity index (χ2v) is 6.81. The van der Waals surface area contributed by atoms with E-state index in [9.17, 15) is 0 Å². The molecule has 2 nitrogen and oxygen atoms in total. The molecule has 2 heteroatoms. The lowest BCUT2D eigenvalue weighted by atomic mass is 9.78. The number of nitrogens with zero attached hydrogens (tertiary/aromatic N) is 1. The van der Waals surface area contributed by atoms with Gasteiger partial charge in [0.25, 0.3) is 0 Å². The van der Waals surface area contributed by atoms with Crippen molar-refractivity contribution in [1.82, 2.24) is 4.90 Å². The van der Waals surface area contributed by atoms with E-state index in [1.54, 1.807) is 0 Å². The molecular weight excluding hydrogens is 198 g/mol. The van der Waals surface area contributed by atoms with E-state index in [1.807, 2.05) is 0 Å². The molecule has 0 spiro atoms. The van der Waals surface area contributed by atoms with E-state index in [4.69, 9.17) is 4.74 Å². The van der Waals surface area contributed by atoms with Crippen LogP contribution in [0.2, 0.25) is 0 Å². The number of morpholine rings is 1. The molecule has 0 amide bonds. The van der Waals surface area contributed by atoms with Crippen molar-refractivity contribution in [2.75, 3.05) is 26.2 Å². The lowest BCUT2D eigenvalue weighted by molar-refractivity contribution is -0.0922. The van der Waals surface area contributed by atoms with Crippen LogP contribution in [0, 0.1) is 11.3 Å². The third-order valence-electron chi connectivity index (χ3n) is 3.70. The molecule has 0 radical (unpaired) electrons. The van der Waals surface area contributed by atoms with Gasteiger partial charge in [0.1, 0.15) is 0 Å². The minimum absolute atomic E-state index is 0.0361. The third kappa shape index (κ3) is 4.06. The number of hydrogen-bond donors (Lipinski definition) is 0. The maximum absolute atomic E-state index is 5.75. The zero-order chi connectivity index (χ0) is 12.4. The number of ether oxygens (including phenoxy) is 1. The fourth-order valence-electron chi connectivity index (χ4n) is 2.60. The van der Waals surface area contributed by atoms with Crippen molar-refractivity contribution >= 4 is 0 Å². The van der Waals surface area contributed by atoms with Crippen molar-refractivity contribution in [2.45, 2.75) is 53.6 Å². The van der Waals surface area contributed by atoms with Crippen LogP contribution >= 0.6 is 0 Å². The summed E-state index contributed by atoms with van der Waals surface area (Å²) in [5.74, 6) is 0.779. The maximum Gasteiger partial charge on any atom is 0.0753 e. The molecule has 1 fully saturated rings. The third-order valence-corrected chi connectivity index (χ3v) is 3.70. The zero-order valence-electron chi connectivity index (χ0n) is 12.0. The van der Waals surface area contributed by atoms with E-state index < -0.39 is 0 Å². The van der Waals surface area contributed by atoms with Gasteiger partial charge in [0.15, 0.2) is 0 Å². The Morgan fingerprint density at radius 1 is 1.31 bits per heavy atom. The molecule has 16 heavy (non-hydrogen) atoms. The van der Waals surface area contributed by atoms with Crippen LogP contribution in [0.15, 0.2) is 0 Å². The highest BCUT2D eigenvalue weighted by molar-refractivity contribution is 4.83. The summed E-state index contributed by atoms with van der Waals surface area (Å²) in [6, 6.07) is 0. The van der Waals surface area contributed by atoms with Crippen molar-refractivity contribution in [3.05, 3.63) is 0 Å². The van der Waals surface area contributed by atoms with Crippen LogP contribution in [0.1, 0.15) is 48.0 Å². The lowest BCUT2D eigenvalue weighted by Crippen LogP contribution is -2.50. The minimum Gasteiger partial charge on any atom is -0.373 e. The van der Waals surface area contributed by atoms with Gasteiger partial charge in [-0.25, -0.2) is 0 Å². The van der Waals surface area contributed by atoms with E-state index in [0.717, 1.165) is 25.6 Å². The summed E-state index contributed by atoms with van der Waals surface area (Å²) < 4.78 is 5.75. The molecule has 1 aliphatic rings. The fraction of sp³-hybridized carbons (Fsp3) is 1.00. The molecular formula is C14H29NO. The second kappa shape index (κ2) is 5.05. The smallest absolute Gasteiger partial charge is 0.0753 e. The molecule has 0 saturated carbocycles. The quantitative estimate of drug-likeness (QED) is 0.734. The molecule has 1 heterocycles. The Hall–Kier alpha value is -0.0800. The van der Waals surface area contributed by atoms with Crippen LogP contribution in [-0.4, -0.2) is 36.7 Å². The first-order valence-corrected chi connectivity index (χ1v) is 6.61. The first kappa shape index (κ1) is 14.0. The summed E-state index contributed by atoms with van der Waals surface area (Å²) >= 11 is 0. The minimum atomic E-state index is 0.0361. The molecule has 1 atom stereocenters. The first-order chi connectivity index (χ1) is 7.24. The summed E-state index contributed by atoms with van der Waals surface area (Å²) in [4.78, 5) is 2.57. The number of rotatable bonds is 3. The molecule has 1 rings (SSSR count). The van der Waals surface area contributed by atoms with E-state index in [1.165, 1.54) is 13.0 Å². The van der Waals surface area contributed by atoms with Crippen LogP contribution in [0.3, 0.4) is 0 Å². The van der Waals surface area contributed by atoms with E-state index in [-0.39, 0.29) is 5.60 Å². The van der Waals surface area contributed by atoms with Gasteiger partial charge in [0, 0.05) is 19.6 Å². The Morgan fingerprint density at radius 3 is 2.38 bits per heavy atom. The first-order valence-electron chi connectivity index (χ1n) is 6.61. The van der Waals surface area contributed by atoms with Crippen molar-refractivity contribution in [2.24, 2.45) is 11.3 Å². The van der Waals surface area contributed by atoms with Gasteiger partial charge in [-0.05, 0) is 25.2 Å². The van der Waals surface area contributed by atoms with Crippen LogP contribution in [0.25, 0.3) is 0 Å². The molecule has 0 aromatic carbocycles. The van der Waals surface area contributed by atoms with Crippen LogP contribution in [-0.2, 0) is 4.74 Å². The summed E-state index contributed by atoms with van der Waals surface area (Å²) in [7, 11) is 0. The standard InChI is InChI=1S/C14H29NO/c1-7-12(13(2,3)4)10-15-8-9-16-14(5,6)11-15/h12H,7-11H2,1-6H3/t12-/m0/s1. The van der Waals surface area contributed by atoms with Gasteiger partial charge < -0.3 is 4.74 Å². The second-order valence-electron chi connectivity index (χ2n) is 6.81. The molecule has 0 bridgehead atoms. The van der Waals surface area contributed by atoms with Gasteiger partial charge in [0.2, 0.25) is 0 Å². The van der Waals surface area contributed by atoms with Crippen molar-refractivity contribution < 1.29 is 4.74 Å². The van der Waals surface area contributed by atoms with Crippen molar-refractivity contribution in [3.8, 4) is 0 Å². The SMILES string of the molecule is CC[C@@H](CN1CCOC(C)(C)C1)C(C)(C)C. The van der Waals surface area contributed by atoms with E-state index in [0.29, 0.717) is 5.41 Å². The average molecular weight is 227 g/mol. The molecule has 0 N–H and O–H groups in total. The highest BCUT2D eigenvalue weighted by Crippen LogP contribution is 2.30. The molecule has 1 saturated heterocycles. The molecule has 0 aromatic heterocycles. The van der Waals surface area contributed by atoms with Crippen LogP contribution in [0.4, 0.5) is 0 Å². The molecule has 0 aliphatic carbocycles. The fourth-order valence-corrected chi connectivity index (χ4v) is 2.60. The zero-order valence-corrected chi connectivity index (χ0v) is 12.0. The Morgan fingerprint density at radius 2 is 1.94 bits per heavy atom. The van der Waals surface area contributed by atoms with Gasteiger partial charge in [-0.3, -0.25) is 4.90 Å². The van der Waals surface area contributed by atoms with Gasteiger partial charge in [0.05, 0.1) is 12.2 Å². The van der Waals surface area contributed by atoms with E-state index >= 15 is 0 Å². The summed E-state index contributed by atoms with van der Waals surface area (Å²) in [6.07, 6.45) is 1.27. The summed E-state index contributed by atoms with van der Waals surface area (Å²) in [6.45, 7) is 18.0. The topological polar surface area (TPSA) is 12.5 Å². The van der Waals surface area contributed by atoms with Crippen LogP contribution in [0.5, 0.6) is 0 Å². The Kier molecular flexibility index (Phi) is 4.42. The van der Waals surface area contributed by atoms with Gasteiger partial charge in [-0.15, -0.1) is 0 Å².